The molecule has 0 N–H and O–H groups in total. The molecule has 0 radical (unpaired) electrons. The zero-order valence-corrected chi connectivity index (χ0v) is 8.20. The van der Waals surface area contributed by atoms with Gasteiger partial charge in [0.15, 0.2) is 0 Å². The first-order chi connectivity index (χ1) is 3.31. The van der Waals surface area contributed by atoms with Gasteiger partial charge in [0.2, 0.25) is 0 Å². The van der Waals surface area contributed by atoms with E-state index in [4.69, 9.17) is 0 Å². The van der Waals surface area contributed by atoms with Crippen molar-refractivity contribution >= 4 is 38.5 Å². The lowest BCUT2D eigenvalue weighted by atomic mass is 10.3. The van der Waals surface area contributed by atoms with Crippen molar-refractivity contribution in [2.45, 2.75) is 24.6 Å². The van der Waals surface area contributed by atoms with Crippen LogP contribution < -0.4 is 0 Å². The van der Waals surface area contributed by atoms with Crippen molar-refractivity contribution in [1.82, 2.24) is 0 Å². The van der Waals surface area contributed by atoms with Crippen LogP contribution in [0.25, 0.3) is 0 Å². The molecular formula is C5H10BrI. The van der Waals surface area contributed by atoms with E-state index in [1.54, 1.807) is 0 Å². The van der Waals surface area contributed by atoms with Gasteiger partial charge < -0.3 is 0 Å². The molecule has 0 aliphatic rings. The number of rotatable bonds is 3. The molecule has 0 saturated heterocycles. The van der Waals surface area contributed by atoms with Crippen LogP contribution in [-0.4, -0.2) is 9.25 Å². The Balaban J connectivity index is 2.83. The lowest BCUT2D eigenvalue weighted by Crippen LogP contribution is -1.95. The quantitative estimate of drug-likeness (QED) is 0.549. The second kappa shape index (κ2) is 5.35. The highest BCUT2D eigenvalue weighted by Gasteiger charge is 1.96. The molecule has 1 unspecified atom stereocenters. The summed E-state index contributed by atoms with van der Waals surface area (Å²) in [5.74, 6) is 0. The van der Waals surface area contributed by atoms with Gasteiger partial charge in [0, 0.05) is 9.25 Å². The fourth-order valence-electron chi connectivity index (χ4n) is 0.390. The van der Waals surface area contributed by atoms with Crippen molar-refractivity contribution in [3.05, 3.63) is 0 Å². The van der Waals surface area contributed by atoms with E-state index < -0.39 is 0 Å². The Labute approximate surface area is 67.3 Å². The minimum Gasteiger partial charge on any atom is -0.0882 e. The van der Waals surface area contributed by atoms with Crippen LogP contribution in [0.15, 0.2) is 0 Å². The minimum atomic E-state index is 0.748. The van der Waals surface area contributed by atoms with Gasteiger partial charge in [0.25, 0.3) is 0 Å². The van der Waals surface area contributed by atoms with Crippen LogP contribution >= 0.6 is 38.5 Å². The molecule has 0 heterocycles. The molecule has 44 valence electrons. The van der Waals surface area contributed by atoms with E-state index in [0.717, 1.165) is 4.83 Å². The zero-order chi connectivity index (χ0) is 5.70. The van der Waals surface area contributed by atoms with Crippen LogP contribution in [0, 0.1) is 0 Å². The third-order valence-electron chi connectivity index (χ3n) is 0.769. The number of alkyl halides is 2. The molecule has 1 atom stereocenters. The Morgan fingerprint density at radius 2 is 2.29 bits per heavy atom. The van der Waals surface area contributed by atoms with Crippen LogP contribution in [0.2, 0.25) is 0 Å². The van der Waals surface area contributed by atoms with Crippen LogP contribution in [0.4, 0.5) is 0 Å². The highest BCUT2D eigenvalue weighted by Crippen LogP contribution is 2.09. The van der Waals surface area contributed by atoms with E-state index in [1.165, 1.54) is 17.3 Å². The molecule has 0 aromatic heterocycles. The Morgan fingerprint density at radius 3 is 2.43 bits per heavy atom. The Kier molecular flexibility index (Phi) is 6.27. The Hall–Kier alpha value is 1.21. The summed E-state index contributed by atoms with van der Waals surface area (Å²) in [6, 6.07) is 0. The summed E-state index contributed by atoms with van der Waals surface area (Å²) in [5, 5.41) is 0. The molecule has 0 fully saturated rings. The van der Waals surface area contributed by atoms with Gasteiger partial charge in [0.05, 0.1) is 0 Å². The molecule has 0 rings (SSSR count). The summed E-state index contributed by atoms with van der Waals surface area (Å²) in [6.45, 7) is 2.21. The van der Waals surface area contributed by atoms with Crippen LogP contribution in [0.5, 0.6) is 0 Å². The van der Waals surface area contributed by atoms with Gasteiger partial charge in [-0.2, -0.15) is 0 Å². The fourth-order valence-corrected chi connectivity index (χ4v) is 1.29. The molecule has 0 aliphatic heterocycles. The first-order valence-corrected chi connectivity index (χ1v) is 4.95. The number of hydrogen-bond acceptors (Lipinski definition) is 0. The Bertz CT molecular complexity index is 39.1. The van der Waals surface area contributed by atoms with Gasteiger partial charge >= 0.3 is 0 Å². The van der Waals surface area contributed by atoms with Crippen molar-refractivity contribution in [2.75, 3.05) is 4.43 Å². The maximum Gasteiger partial charge on any atom is 0.0235 e. The van der Waals surface area contributed by atoms with Gasteiger partial charge in [0.1, 0.15) is 0 Å². The summed E-state index contributed by atoms with van der Waals surface area (Å²) in [4.78, 5) is 0.748. The molecule has 0 bridgehead atoms. The third kappa shape index (κ3) is 5.07. The second-order valence-electron chi connectivity index (χ2n) is 1.54. The largest absolute Gasteiger partial charge is 0.0882 e. The highest BCUT2D eigenvalue weighted by molar-refractivity contribution is 14.1. The molecule has 0 nitrogen and oxygen atoms in total. The molecule has 0 aromatic rings. The summed E-state index contributed by atoms with van der Waals surface area (Å²) in [7, 11) is 0. The van der Waals surface area contributed by atoms with Crippen LogP contribution in [-0.2, 0) is 0 Å². The molecule has 2 heteroatoms. The molecule has 0 aliphatic carbocycles. The predicted octanol–water partition coefficient (Wildman–Crippen LogP) is 2.99. The summed E-state index contributed by atoms with van der Waals surface area (Å²) in [6.07, 6.45) is 2.60. The van der Waals surface area contributed by atoms with E-state index >= 15 is 0 Å². The van der Waals surface area contributed by atoms with Crippen LogP contribution in [0.3, 0.4) is 0 Å². The molecule has 0 saturated carbocycles. The van der Waals surface area contributed by atoms with E-state index in [2.05, 4.69) is 45.4 Å². The maximum absolute atomic E-state index is 3.53. The third-order valence-corrected chi connectivity index (χ3v) is 3.82. The SMILES string of the molecule is CCCC(Br)CI. The summed E-state index contributed by atoms with van der Waals surface area (Å²) in [5.41, 5.74) is 0. The van der Waals surface area contributed by atoms with Crippen LogP contribution in [0.1, 0.15) is 19.8 Å². The zero-order valence-electron chi connectivity index (χ0n) is 4.45. The molecule has 0 aromatic carbocycles. The number of halogens is 2. The molecule has 0 spiro atoms. The Morgan fingerprint density at radius 1 is 1.71 bits per heavy atom. The lowest BCUT2D eigenvalue weighted by Gasteiger charge is -1.99. The standard InChI is InChI=1S/C5H10BrI/c1-2-3-5(6)4-7/h5H,2-4H2,1H3. The predicted molar refractivity (Wildman–Crippen MR) is 46.5 cm³/mol. The topological polar surface area (TPSA) is 0 Å². The van der Waals surface area contributed by atoms with Crippen molar-refractivity contribution in [2.24, 2.45) is 0 Å². The van der Waals surface area contributed by atoms with Gasteiger partial charge in [-0.3, -0.25) is 0 Å². The van der Waals surface area contributed by atoms with Crippen molar-refractivity contribution in [3.8, 4) is 0 Å². The average molecular weight is 277 g/mol. The first kappa shape index (κ1) is 8.21. The van der Waals surface area contributed by atoms with E-state index in [-0.39, 0.29) is 0 Å². The molecule has 7 heavy (non-hydrogen) atoms. The normalized spacial score (nSPS) is 14.1. The van der Waals surface area contributed by atoms with E-state index in [9.17, 15) is 0 Å². The fraction of sp³-hybridized carbons (Fsp3) is 1.00. The second-order valence-corrected chi connectivity index (χ2v) is 3.72. The highest BCUT2D eigenvalue weighted by atomic mass is 127. The number of hydrogen-bond donors (Lipinski definition) is 0. The first-order valence-electron chi connectivity index (χ1n) is 2.51. The minimum absolute atomic E-state index is 0.748. The average Bonchev–Trinajstić information content (AvgIpc) is 1.68. The van der Waals surface area contributed by atoms with Gasteiger partial charge in [-0.15, -0.1) is 0 Å². The summed E-state index contributed by atoms with van der Waals surface area (Å²) >= 11 is 5.92. The monoisotopic (exact) mass is 276 g/mol. The lowest BCUT2D eigenvalue weighted by molar-refractivity contribution is 0.809. The van der Waals surface area contributed by atoms with E-state index in [0.29, 0.717) is 0 Å². The molecular weight excluding hydrogens is 267 g/mol. The maximum atomic E-state index is 3.53. The van der Waals surface area contributed by atoms with Gasteiger partial charge in [-0.1, -0.05) is 51.9 Å². The van der Waals surface area contributed by atoms with Crippen molar-refractivity contribution in [1.29, 1.82) is 0 Å². The van der Waals surface area contributed by atoms with Crippen molar-refractivity contribution in [3.63, 3.8) is 0 Å². The smallest absolute Gasteiger partial charge is 0.0235 e. The van der Waals surface area contributed by atoms with Crippen molar-refractivity contribution < 1.29 is 0 Å². The van der Waals surface area contributed by atoms with Gasteiger partial charge in [-0.05, 0) is 6.42 Å². The van der Waals surface area contributed by atoms with Gasteiger partial charge in [-0.25, -0.2) is 0 Å². The van der Waals surface area contributed by atoms with E-state index in [1.807, 2.05) is 0 Å². The molecule has 0 amide bonds. The summed E-state index contributed by atoms with van der Waals surface area (Å²) < 4.78 is 1.23.